The first-order valence-corrected chi connectivity index (χ1v) is 7.74. The van der Waals surface area contributed by atoms with Gasteiger partial charge in [0.1, 0.15) is 5.82 Å². The smallest absolute Gasteiger partial charge is 0.254 e. The zero-order valence-corrected chi connectivity index (χ0v) is 13.9. The van der Waals surface area contributed by atoms with Gasteiger partial charge in [-0.1, -0.05) is 15.9 Å². The summed E-state index contributed by atoms with van der Waals surface area (Å²) in [5, 5.41) is 9.81. The second-order valence-corrected chi connectivity index (χ2v) is 6.95. The quantitative estimate of drug-likeness (QED) is 0.899. The Morgan fingerprint density at radius 2 is 1.90 bits per heavy atom. The van der Waals surface area contributed by atoms with Gasteiger partial charge in [0.2, 0.25) is 0 Å². The maximum atomic E-state index is 13.4. The lowest BCUT2D eigenvalue weighted by Gasteiger charge is -2.37. The zero-order valence-electron chi connectivity index (χ0n) is 12.3. The number of amides is 1. The monoisotopic (exact) mass is 358 g/mol. The summed E-state index contributed by atoms with van der Waals surface area (Å²) < 4.78 is 13.9. The van der Waals surface area contributed by atoms with Crippen LogP contribution in [0.4, 0.5) is 4.39 Å². The summed E-state index contributed by atoms with van der Waals surface area (Å²) in [6.07, 6.45) is 0. The van der Waals surface area contributed by atoms with Crippen LogP contribution in [-0.2, 0) is 0 Å². The van der Waals surface area contributed by atoms with Crippen molar-refractivity contribution in [2.75, 3.05) is 32.7 Å². The molecule has 0 radical (unpaired) electrons. The number of piperazine rings is 1. The van der Waals surface area contributed by atoms with Crippen molar-refractivity contribution >= 4 is 21.8 Å². The maximum absolute atomic E-state index is 13.4. The van der Waals surface area contributed by atoms with E-state index in [1.54, 1.807) is 24.8 Å². The molecule has 1 aliphatic heterocycles. The molecule has 1 aliphatic rings. The summed E-state index contributed by atoms with van der Waals surface area (Å²) in [4.78, 5) is 16.2. The summed E-state index contributed by atoms with van der Waals surface area (Å²) in [6, 6.07) is 4.23. The Bertz CT molecular complexity index is 503. The van der Waals surface area contributed by atoms with Crippen LogP contribution in [0.2, 0.25) is 0 Å². The average Bonchev–Trinajstić information content (AvgIpc) is 2.35. The number of carbonyl (C=O) groups is 1. The lowest BCUT2D eigenvalue weighted by Crippen LogP contribution is -2.52. The van der Waals surface area contributed by atoms with Crippen LogP contribution in [0.15, 0.2) is 22.7 Å². The van der Waals surface area contributed by atoms with Crippen molar-refractivity contribution in [1.82, 2.24) is 9.80 Å². The molecule has 1 aromatic rings. The Kier molecular flexibility index (Phi) is 5.01. The van der Waals surface area contributed by atoms with E-state index in [1.807, 2.05) is 0 Å². The molecular formula is C15H20BrFN2O2. The predicted octanol–water partition coefficient (Wildman–Crippen LogP) is 2.12. The lowest BCUT2D eigenvalue weighted by molar-refractivity contribution is 0.0178. The number of carbonyl (C=O) groups excluding carboxylic acids is 1. The molecule has 4 nitrogen and oxygen atoms in total. The van der Waals surface area contributed by atoms with Crippen LogP contribution in [0, 0.1) is 5.82 Å². The molecule has 1 heterocycles. The minimum atomic E-state index is -0.737. The van der Waals surface area contributed by atoms with Gasteiger partial charge < -0.3 is 10.0 Å². The maximum Gasteiger partial charge on any atom is 0.254 e. The first-order chi connectivity index (χ1) is 9.74. The van der Waals surface area contributed by atoms with Crippen molar-refractivity contribution in [2.45, 2.75) is 19.4 Å². The molecule has 116 valence electrons. The van der Waals surface area contributed by atoms with Gasteiger partial charge in [0.05, 0.1) is 5.60 Å². The van der Waals surface area contributed by atoms with Gasteiger partial charge in [0.15, 0.2) is 0 Å². The fourth-order valence-corrected chi connectivity index (χ4v) is 2.98. The molecule has 1 N–H and O–H groups in total. The van der Waals surface area contributed by atoms with Crippen molar-refractivity contribution in [2.24, 2.45) is 0 Å². The van der Waals surface area contributed by atoms with Crippen molar-refractivity contribution in [3.8, 4) is 0 Å². The highest BCUT2D eigenvalue weighted by Gasteiger charge is 2.25. The van der Waals surface area contributed by atoms with Crippen LogP contribution in [0.5, 0.6) is 0 Å². The SMILES string of the molecule is CC(C)(O)CN1CCN(C(=O)c2cc(F)cc(Br)c2)CC1. The number of hydrogen-bond acceptors (Lipinski definition) is 3. The number of halogens is 2. The third-order valence-corrected chi connectivity index (χ3v) is 3.84. The van der Waals surface area contributed by atoms with E-state index in [4.69, 9.17) is 0 Å². The highest BCUT2D eigenvalue weighted by Crippen LogP contribution is 2.17. The van der Waals surface area contributed by atoms with Gasteiger partial charge in [-0.25, -0.2) is 4.39 Å². The van der Waals surface area contributed by atoms with E-state index in [9.17, 15) is 14.3 Å². The number of benzene rings is 1. The molecule has 6 heteroatoms. The number of rotatable bonds is 3. The first kappa shape index (κ1) is 16.4. The molecule has 1 aromatic carbocycles. The third-order valence-electron chi connectivity index (χ3n) is 3.38. The van der Waals surface area contributed by atoms with Crippen molar-refractivity contribution < 1.29 is 14.3 Å². The molecule has 1 amide bonds. The Balaban J connectivity index is 1.97. The highest BCUT2D eigenvalue weighted by molar-refractivity contribution is 9.10. The van der Waals surface area contributed by atoms with Gasteiger partial charge in [-0.05, 0) is 32.0 Å². The van der Waals surface area contributed by atoms with Crippen LogP contribution in [0.3, 0.4) is 0 Å². The molecule has 2 rings (SSSR count). The molecule has 0 bridgehead atoms. The minimum absolute atomic E-state index is 0.155. The largest absolute Gasteiger partial charge is 0.389 e. The normalized spacial score (nSPS) is 17.1. The van der Waals surface area contributed by atoms with Crippen LogP contribution in [-0.4, -0.2) is 59.1 Å². The predicted molar refractivity (Wildman–Crippen MR) is 82.7 cm³/mol. The summed E-state index contributed by atoms with van der Waals surface area (Å²) in [5.74, 6) is -0.577. The van der Waals surface area contributed by atoms with Crippen molar-refractivity contribution in [3.63, 3.8) is 0 Å². The van der Waals surface area contributed by atoms with Crippen molar-refractivity contribution in [1.29, 1.82) is 0 Å². The number of aliphatic hydroxyl groups is 1. The van der Waals surface area contributed by atoms with E-state index in [-0.39, 0.29) is 5.91 Å². The molecule has 0 unspecified atom stereocenters. The van der Waals surface area contributed by atoms with Gasteiger partial charge in [-0.2, -0.15) is 0 Å². The van der Waals surface area contributed by atoms with E-state index in [2.05, 4.69) is 20.8 Å². The van der Waals surface area contributed by atoms with Gasteiger partial charge >= 0.3 is 0 Å². The fraction of sp³-hybridized carbons (Fsp3) is 0.533. The van der Waals surface area contributed by atoms with E-state index in [1.165, 1.54) is 12.1 Å². The molecule has 0 atom stereocenters. The van der Waals surface area contributed by atoms with E-state index in [0.29, 0.717) is 42.8 Å². The topological polar surface area (TPSA) is 43.8 Å². The summed E-state index contributed by atoms with van der Waals surface area (Å²) in [6.45, 7) is 6.73. The number of β-amino-alcohol motifs (C(OH)–C–C–N with tert-alkyl or cyclic N) is 1. The van der Waals surface area contributed by atoms with Crippen LogP contribution < -0.4 is 0 Å². The van der Waals surface area contributed by atoms with E-state index in [0.717, 1.165) is 0 Å². The van der Waals surface area contributed by atoms with E-state index >= 15 is 0 Å². The van der Waals surface area contributed by atoms with Gasteiger partial charge in [0.25, 0.3) is 5.91 Å². The third kappa shape index (κ3) is 4.76. The van der Waals surface area contributed by atoms with Crippen LogP contribution in [0.25, 0.3) is 0 Å². The van der Waals surface area contributed by atoms with Crippen molar-refractivity contribution in [3.05, 3.63) is 34.1 Å². The Hall–Kier alpha value is -0.980. The highest BCUT2D eigenvalue weighted by atomic mass is 79.9. The molecule has 0 spiro atoms. The molecule has 0 aromatic heterocycles. The standard InChI is InChI=1S/C15H20BrFN2O2/c1-15(2,21)10-18-3-5-19(6-4-18)14(20)11-7-12(16)9-13(17)8-11/h7-9,21H,3-6,10H2,1-2H3. The Morgan fingerprint density at radius 1 is 1.29 bits per heavy atom. The zero-order chi connectivity index (χ0) is 15.6. The lowest BCUT2D eigenvalue weighted by atomic mass is 10.1. The second-order valence-electron chi connectivity index (χ2n) is 6.04. The Morgan fingerprint density at radius 3 is 2.43 bits per heavy atom. The average molecular weight is 359 g/mol. The van der Waals surface area contributed by atoms with Gasteiger partial charge in [-0.15, -0.1) is 0 Å². The molecule has 0 saturated carbocycles. The molecular weight excluding hydrogens is 339 g/mol. The fourth-order valence-electron chi connectivity index (χ4n) is 2.52. The summed E-state index contributed by atoms with van der Waals surface area (Å²) >= 11 is 3.20. The molecule has 21 heavy (non-hydrogen) atoms. The molecule has 0 aliphatic carbocycles. The molecule has 1 saturated heterocycles. The van der Waals surface area contributed by atoms with E-state index < -0.39 is 11.4 Å². The minimum Gasteiger partial charge on any atom is -0.389 e. The number of nitrogens with zero attached hydrogens (tertiary/aromatic N) is 2. The van der Waals surface area contributed by atoms with Gasteiger partial charge in [-0.3, -0.25) is 9.69 Å². The second kappa shape index (κ2) is 6.42. The van der Waals surface area contributed by atoms with Gasteiger partial charge in [0, 0.05) is 42.8 Å². The number of hydrogen-bond donors (Lipinski definition) is 1. The summed E-state index contributed by atoms with van der Waals surface area (Å²) in [7, 11) is 0. The molecule has 1 fully saturated rings. The van der Waals surface area contributed by atoms with Crippen LogP contribution >= 0.6 is 15.9 Å². The first-order valence-electron chi connectivity index (χ1n) is 6.95. The Labute approximate surface area is 132 Å². The summed E-state index contributed by atoms with van der Waals surface area (Å²) in [5.41, 5.74) is -0.377. The van der Waals surface area contributed by atoms with Crippen LogP contribution in [0.1, 0.15) is 24.2 Å².